The first-order chi connectivity index (χ1) is 13.5. The number of nitrogens with one attached hydrogen (secondary N) is 1. The van der Waals surface area contributed by atoms with Gasteiger partial charge in [-0.2, -0.15) is 0 Å². The normalized spacial score (nSPS) is 34.1. The van der Waals surface area contributed by atoms with Gasteiger partial charge >= 0.3 is 0 Å². The Morgan fingerprint density at radius 3 is 2.29 bits per heavy atom. The molecule has 7 heteroatoms. The van der Waals surface area contributed by atoms with E-state index in [1.165, 1.54) is 14.2 Å². The molecule has 5 aliphatic rings. The molecule has 1 aromatic rings. The van der Waals surface area contributed by atoms with E-state index in [-0.39, 0.29) is 42.0 Å². The van der Waals surface area contributed by atoms with Gasteiger partial charge in [0.05, 0.1) is 31.7 Å². The van der Waals surface area contributed by atoms with Crippen LogP contribution in [0.1, 0.15) is 6.42 Å². The molecule has 1 aliphatic heterocycles. The standard InChI is InChI=1S/C21H22N2O5/c1-27-10-3-6-16(28-2)15(7-10)22-17(24)9-23-20(25)18-11-4-5-12(14-8-13(11)14)19(18)21(23)26/h3-7,11-14,18-19H,8-9H2,1-2H3,(H,22,24). The molecule has 1 N–H and O–H groups in total. The monoisotopic (exact) mass is 382 g/mol. The Kier molecular flexibility index (Phi) is 3.76. The number of hydrogen-bond acceptors (Lipinski definition) is 5. The van der Waals surface area contributed by atoms with Crippen molar-refractivity contribution in [2.45, 2.75) is 6.42 Å². The first kappa shape index (κ1) is 17.3. The third kappa shape index (κ3) is 2.38. The number of amides is 3. The fraction of sp³-hybridized carbons (Fsp3) is 0.476. The second kappa shape index (κ2) is 6.09. The van der Waals surface area contributed by atoms with Crippen LogP contribution in [0.2, 0.25) is 0 Å². The highest BCUT2D eigenvalue weighted by Crippen LogP contribution is 2.65. The number of nitrogens with zero attached hydrogens (tertiary/aromatic N) is 1. The smallest absolute Gasteiger partial charge is 0.244 e. The third-order valence-corrected chi connectivity index (χ3v) is 6.74. The van der Waals surface area contributed by atoms with Crippen molar-refractivity contribution >= 4 is 23.4 Å². The predicted molar refractivity (Wildman–Crippen MR) is 99.6 cm³/mol. The van der Waals surface area contributed by atoms with Crippen LogP contribution in [0.15, 0.2) is 30.4 Å². The number of anilines is 1. The molecule has 7 nitrogen and oxygen atoms in total. The molecule has 6 atom stereocenters. The largest absolute Gasteiger partial charge is 0.497 e. The number of ether oxygens (including phenoxy) is 2. The predicted octanol–water partition coefficient (Wildman–Crippen LogP) is 1.70. The highest BCUT2D eigenvalue weighted by atomic mass is 16.5. The molecule has 28 heavy (non-hydrogen) atoms. The summed E-state index contributed by atoms with van der Waals surface area (Å²) in [6.45, 7) is -0.278. The van der Waals surface area contributed by atoms with E-state index in [1.807, 2.05) is 0 Å². The molecule has 3 fully saturated rings. The molecule has 1 heterocycles. The SMILES string of the molecule is COc1ccc(OC)c(NC(=O)CN2C(=O)C3C4C=CC(C5CC45)C3C2=O)c1. The summed E-state index contributed by atoms with van der Waals surface area (Å²) in [5, 5.41) is 2.74. The molecule has 2 bridgehead atoms. The molecule has 0 spiro atoms. The van der Waals surface area contributed by atoms with Gasteiger partial charge in [-0.05, 0) is 42.2 Å². The van der Waals surface area contributed by atoms with Crippen LogP contribution in [0.3, 0.4) is 0 Å². The van der Waals surface area contributed by atoms with Crippen molar-refractivity contribution in [3.05, 3.63) is 30.4 Å². The molecule has 1 saturated heterocycles. The van der Waals surface area contributed by atoms with Crippen LogP contribution >= 0.6 is 0 Å². The van der Waals surface area contributed by atoms with Crippen molar-refractivity contribution < 1.29 is 23.9 Å². The number of likely N-dealkylation sites (tertiary alicyclic amines) is 1. The summed E-state index contributed by atoms with van der Waals surface area (Å²) in [4.78, 5) is 39.7. The number of allylic oxidation sites excluding steroid dienone is 2. The third-order valence-electron chi connectivity index (χ3n) is 6.74. The quantitative estimate of drug-likeness (QED) is 0.619. The molecular formula is C21H22N2O5. The van der Waals surface area contributed by atoms with Crippen molar-refractivity contribution in [1.29, 1.82) is 0 Å². The second-order valence-corrected chi connectivity index (χ2v) is 8.03. The van der Waals surface area contributed by atoms with E-state index in [0.29, 0.717) is 29.0 Å². The minimum absolute atomic E-state index is 0.156. The van der Waals surface area contributed by atoms with Crippen LogP contribution in [0, 0.1) is 35.5 Å². The molecule has 6 unspecified atom stereocenters. The summed E-state index contributed by atoms with van der Waals surface area (Å²) in [6, 6.07) is 5.05. The Labute approximate surface area is 162 Å². The summed E-state index contributed by atoms with van der Waals surface area (Å²) in [5.41, 5.74) is 0.436. The summed E-state index contributed by atoms with van der Waals surface area (Å²) >= 11 is 0. The first-order valence-corrected chi connectivity index (χ1v) is 9.59. The molecule has 0 radical (unpaired) electrons. The molecule has 146 valence electrons. The minimum atomic E-state index is -0.433. The number of benzene rings is 1. The molecule has 2 saturated carbocycles. The Morgan fingerprint density at radius 2 is 1.71 bits per heavy atom. The van der Waals surface area contributed by atoms with Gasteiger partial charge < -0.3 is 14.8 Å². The van der Waals surface area contributed by atoms with Crippen molar-refractivity contribution in [2.75, 3.05) is 26.1 Å². The van der Waals surface area contributed by atoms with Gasteiger partial charge in [0.25, 0.3) is 0 Å². The van der Waals surface area contributed by atoms with E-state index in [4.69, 9.17) is 9.47 Å². The van der Waals surface area contributed by atoms with Crippen LogP contribution in [0.5, 0.6) is 11.5 Å². The zero-order chi connectivity index (χ0) is 19.6. The average molecular weight is 382 g/mol. The van der Waals surface area contributed by atoms with Gasteiger partial charge in [-0.15, -0.1) is 0 Å². The zero-order valence-corrected chi connectivity index (χ0v) is 15.8. The van der Waals surface area contributed by atoms with Gasteiger partial charge in [0, 0.05) is 6.07 Å². The second-order valence-electron chi connectivity index (χ2n) is 8.03. The van der Waals surface area contributed by atoms with E-state index in [1.54, 1.807) is 18.2 Å². The van der Waals surface area contributed by atoms with Crippen molar-refractivity contribution in [2.24, 2.45) is 35.5 Å². The van der Waals surface area contributed by atoms with Crippen LogP contribution in [0.25, 0.3) is 0 Å². The lowest BCUT2D eigenvalue weighted by atomic mass is 9.63. The van der Waals surface area contributed by atoms with Crippen LogP contribution in [-0.4, -0.2) is 43.4 Å². The van der Waals surface area contributed by atoms with Gasteiger partial charge in [-0.1, -0.05) is 12.2 Å². The Hall–Kier alpha value is -2.83. The minimum Gasteiger partial charge on any atom is -0.497 e. The van der Waals surface area contributed by atoms with E-state index in [2.05, 4.69) is 17.5 Å². The van der Waals surface area contributed by atoms with Gasteiger partial charge in [-0.3, -0.25) is 19.3 Å². The van der Waals surface area contributed by atoms with Crippen LogP contribution in [-0.2, 0) is 14.4 Å². The molecule has 6 rings (SSSR count). The number of methoxy groups -OCH3 is 2. The maximum absolute atomic E-state index is 13.0. The van der Waals surface area contributed by atoms with E-state index in [0.717, 1.165) is 11.3 Å². The number of carbonyl (C=O) groups excluding carboxylic acids is 3. The Morgan fingerprint density at radius 1 is 1.07 bits per heavy atom. The molecule has 3 amide bonds. The molecule has 4 aliphatic carbocycles. The fourth-order valence-electron chi connectivity index (χ4n) is 5.42. The zero-order valence-electron chi connectivity index (χ0n) is 15.8. The summed E-state index contributed by atoms with van der Waals surface area (Å²) in [7, 11) is 3.04. The van der Waals surface area contributed by atoms with Crippen molar-refractivity contribution in [1.82, 2.24) is 4.90 Å². The Balaban J connectivity index is 1.33. The van der Waals surface area contributed by atoms with Gasteiger partial charge in [0.1, 0.15) is 18.0 Å². The van der Waals surface area contributed by atoms with Gasteiger partial charge in [0.2, 0.25) is 17.7 Å². The molecular weight excluding hydrogens is 360 g/mol. The summed E-state index contributed by atoms with van der Waals surface area (Å²) in [5.74, 6) is 1.03. The van der Waals surface area contributed by atoms with Crippen LogP contribution < -0.4 is 14.8 Å². The molecule has 1 aromatic carbocycles. The number of hydrogen-bond donors (Lipinski definition) is 1. The maximum atomic E-state index is 13.0. The summed E-state index contributed by atoms with van der Waals surface area (Å²) in [6.07, 6.45) is 5.36. The summed E-state index contributed by atoms with van der Waals surface area (Å²) < 4.78 is 10.4. The number of rotatable bonds is 5. The maximum Gasteiger partial charge on any atom is 0.244 e. The van der Waals surface area contributed by atoms with E-state index in [9.17, 15) is 14.4 Å². The lowest BCUT2D eigenvalue weighted by molar-refractivity contribution is -0.142. The first-order valence-electron chi connectivity index (χ1n) is 9.59. The highest BCUT2D eigenvalue weighted by Gasteiger charge is 2.67. The lowest BCUT2D eigenvalue weighted by Gasteiger charge is -2.37. The van der Waals surface area contributed by atoms with E-state index >= 15 is 0 Å². The van der Waals surface area contributed by atoms with E-state index < -0.39 is 5.91 Å². The lowest BCUT2D eigenvalue weighted by Crippen LogP contribution is -2.40. The number of imide groups is 1. The molecule has 0 aromatic heterocycles. The number of carbonyl (C=O) groups is 3. The highest BCUT2D eigenvalue weighted by molar-refractivity contribution is 6.09. The Bertz CT molecular complexity index is 874. The average Bonchev–Trinajstić information content (AvgIpc) is 3.49. The van der Waals surface area contributed by atoms with Crippen molar-refractivity contribution in [3.8, 4) is 11.5 Å². The van der Waals surface area contributed by atoms with Gasteiger partial charge in [0.15, 0.2) is 0 Å². The fourth-order valence-corrected chi connectivity index (χ4v) is 5.42. The topological polar surface area (TPSA) is 84.9 Å². The van der Waals surface area contributed by atoms with Gasteiger partial charge in [-0.25, -0.2) is 0 Å². The van der Waals surface area contributed by atoms with Crippen molar-refractivity contribution in [3.63, 3.8) is 0 Å². The van der Waals surface area contributed by atoms with Crippen LogP contribution in [0.4, 0.5) is 5.69 Å².